The van der Waals surface area contributed by atoms with Crippen LogP contribution in [-0.2, 0) is 11.3 Å². The maximum Gasteiger partial charge on any atom is 0.235 e. The molecule has 34 heavy (non-hydrogen) atoms. The molecule has 0 atom stereocenters. The second-order valence-corrected chi connectivity index (χ2v) is 9.47. The minimum Gasteiger partial charge on any atom is -0.497 e. The average Bonchev–Trinajstić information content (AvgIpc) is 3.57. The molecule has 4 aromatic rings. The molecule has 0 aliphatic heterocycles. The summed E-state index contributed by atoms with van der Waals surface area (Å²) in [5, 5.41) is 24.6. The van der Waals surface area contributed by atoms with Crippen LogP contribution in [0, 0.1) is 25.2 Å². The highest BCUT2D eigenvalue weighted by Gasteiger charge is 2.20. The van der Waals surface area contributed by atoms with Crippen molar-refractivity contribution >= 4 is 45.6 Å². The van der Waals surface area contributed by atoms with E-state index in [4.69, 9.17) is 9.15 Å². The fourth-order valence-electron chi connectivity index (χ4n) is 3.30. The lowest BCUT2D eigenvalue weighted by Gasteiger charge is -2.11. The highest BCUT2D eigenvalue weighted by atomic mass is 32.2. The molecule has 0 unspecified atom stereocenters. The van der Waals surface area contributed by atoms with Crippen molar-refractivity contribution in [2.45, 2.75) is 24.7 Å². The first-order valence-corrected chi connectivity index (χ1v) is 12.1. The highest BCUT2D eigenvalue weighted by Crippen LogP contribution is 2.30. The zero-order valence-electron chi connectivity index (χ0n) is 18.8. The van der Waals surface area contributed by atoms with E-state index in [2.05, 4.69) is 26.9 Å². The number of carbonyl (C=O) groups excluding carboxylic acids is 1. The minimum absolute atomic E-state index is 0.131. The van der Waals surface area contributed by atoms with Crippen LogP contribution in [0.3, 0.4) is 0 Å². The van der Waals surface area contributed by atoms with Gasteiger partial charge in [0.2, 0.25) is 11.0 Å². The molecule has 0 radical (unpaired) electrons. The third-order valence-corrected chi connectivity index (χ3v) is 7.14. The molecule has 174 valence electrons. The van der Waals surface area contributed by atoms with E-state index in [1.165, 1.54) is 23.1 Å². The SMILES string of the molecule is COc1ccc(Nc2nnc(SCC(=O)Nc3c(C#N)c(C)c(C)n3Cc3ccco3)s2)cc1. The maximum atomic E-state index is 12.7. The smallest absolute Gasteiger partial charge is 0.235 e. The van der Waals surface area contributed by atoms with E-state index in [0.29, 0.717) is 27.4 Å². The van der Waals surface area contributed by atoms with Gasteiger partial charge in [0.1, 0.15) is 23.4 Å². The first-order valence-electron chi connectivity index (χ1n) is 10.3. The van der Waals surface area contributed by atoms with Crippen LogP contribution in [0.15, 0.2) is 51.4 Å². The fourth-order valence-corrected chi connectivity index (χ4v) is 4.87. The Morgan fingerprint density at radius 3 is 2.74 bits per heavy atom. The molecule has 3 heterocycles. The van der Waals surface area contributed by atoms with Crippen molar-refractivity contribution in [3.8, 4) is 11.8 Å². The van der Waals surface area contributed by atoms with E-state index in [1.807, 2.05) is 48.7 Å². The van der Waals surface area contributed by atoms with Gasteiger partial charge in [0.15, 0.2) is 4.34 Å². The Bertz CT molecular complexity index is 1320. The standard InChI is InChI=1S/C23H22N6O3S2/c1-14-15(2)29(12-18-5-4-10-32-18)21(19(14)11-24)26-20(30)13-33-23-28-27-22(34-23)25-16-6-8-17(31-3)9-7-16/h4-10H,12-13H2,1-3H3,(H,25,27)(H,26,30). The van der Waals surface area contributed by atoms with Crippen LogP contribution in [0.4, 0.5) is 16.6 Å². The van der Waals surface area contributed by atoms with Gasteiger partial charge in [0.25, 0.3) is 0 Å². The number of nitrogens with one attached hydrogen (secondary N) is 2. The Morgan fingerprint density at radius 2 is 2.06 bits per heavy atom. The predicted octanol–water partition coefficient (Wildman–Crippen LogP) is 4.95. The summed E-state index contributed by atoms with van der Waals surface area (Å²) in [6.07, 6.45) is 1.60. The summed E-state index contributed by atoms with van der Waals surface area (Å²) in [6, 6.07) is 13.3. The molecule has 0 saturated carbocycles. The Morgan fingerprint density at radius 1 is 1.26 bits per heavy atom. The molecular formula is C23H22N6O3S2. The van der Waals surface area contributed by atoms with Crippen molar-refractivity contribution in [1.29, 1.82) is 5.26 Å². The van der Waals surface area contributed by atoms with E-state index in [9.17, 15) is 10.1 Å². The summed E-state index contributed by atoms with van der Waals surface area (Å²) >= 11 is 2.64. The molecule has 1 aromatic carbocycles. The number of methoxy groups -OCH3 is 1. The van der Waals surface area contributed by atoms with Gasteiger partial charge in [-0.1, -0.05) is 23.1 Å². The van der Waals surface area contributed by atoms with Crippen LogP contribution in [0.25, 0.3) is 0 Å². The molecule has 0 saturated heterocycles. The molecule has 0 fully saturated rings. The van der Waals surface area contributed by atoms with Crippen LogP contribution in [0.2, 0.25) is 0 Å². The monoisotopic (exact) mass is 494 g/mol. The van der Waals surface area contributed by atoms with E-state index < -0.39 is 0 Å². The van der Waals surface area contributed by atoms with Crippen LogP contribution in [0.1, 0.15) is 22.6 Å². The molecule has 0 aliphatic carbocycles. The number of amides is 1. The van der Waals surface area contributed by atoms with Crippen LogP contribution >= 0.6 is 23.1 Å². The molecule has 0 aliphatic rings. The third-order valence-electron chi connectivity index (χ3n) is 5.17. The lowest BCUT2D eigenvalue weighted by Crippen LogP contribution is -2.18. The molecule has 0 bridgehead atoms. The average molecular weight is 495 g/mol. The van der Waals surface area contributed by atoms with Crippen molar-refractivity contribution in [3.05, 3.63) is 65.2 Å². The van der Waals surface area contributed by atoms with Gasteiger partial charge < -0.3 is 24.4 Å². The number of hydrogen-bond acceptors (Lipinski definition) is 9. The largest absolute Gasteiger partial charge is 0.497 e. The van der Waals surface area contributed by atoms with Gasteiger partial charge >= 0.3 is 0 Å². The number of aromatic nitrogens is 3. The number of nitrogens with zero attached hydrogens (tertiary/aromatic N) is 4. The van der Waals surface area contributed by atoms with Crippen LogP contribution in [-0.4, -0.2) is 33.5 Å². The van der Waals surface area contributed by atoms with Gasteiger partial charge in [-0.2, -0.15) is 5.26 Å². The van der Waals surface area contributed by atoms with Crippen molar-refractivity contribution < 1.29 is 13.9 Å². The number of benzene rings is 1. The Kier molecular flexibility index (Phi) is 7.20. The second kappa shape index (κ2) is 10.5. The van der Waals surface area contributed by atoms with E-state index >= 15 is 0 Å². The molecule has 0 spiro atoms. The Labute approximate surface area is 204 Å². The number of rotatable bonds is 9. The van der Waals surface area contributed by atoms with Gasteiger partial charge in [0.05, 0.1) is 31.2 Å². The van der Waals surface area contributed by atoms with E-state index in [-0.39, 0.29) is 11.7 Å². The summed E-state index contributed by atoms with van der Waals surface area (Å²) in [5.74, 6) is 1.87. The normalized spacial score (nSPS) is 10.6. The molecule has 4 rings (SSSR count). The van der Waals surface area contributed by atoms with Gasteiger partial charge in [0, 0.05) is 11.4 Å². The molecule has 11 heteroatoms. The zero-order chi connectivity index (χ0) is 24.1. The zero-order valence-corrected chi connectivity index (χ0v) is 20.4. The van der Waals surface area contributed by atoms with E-state index in [1.54, 1.807) is 19.4 Å². The summed E-state index contributed by atoms with van der Waals surface area (Å²) in [4.78, 5) is 12.7. The second-order valence-electron chi connectivity index (χ2n) is 7.27. The molecule has 9 nitrogen and oxygen atoms in total. The first-order chi connectivity index (χ1) is 16.5. The third kappa shape index (κ3) is 5.24. The number of thioether (sulfide) groups is 1. The quantitative estimate of drug-likeness (QED) is 0.314. The number of ether oxygens (including phenoxy) is 1. The highest BCUT2D eigenvalue weighted by molar-refractivity contribution is 8.01. The summed E-state index contributed by atoms with van der Waals surface area (Å²) in [7, 11) is 1.62. The van der Waals surface area contributed by atoms with Gasteiger partial charge in [-0.25, -0.2) is 0 Å². The Hall–Kier alpha value is -3.75. The lowest BCUT2D eigenvalue weighted by atomic mass is 10.2. The summed E-state index contributed by atoms with van der Waals surface area (Å²) in [5.41, 5.74) is 3.03. The Balaban J connectivity index is 1.40. The molecule has 3 aromatic heterocycles. The van der Waals surface area contributed by atoms with E-state index in [0.717, 1.165) is 28.5 Å². The summed E-state index contributed by atoms with van der Waals surface area (Å²) in [6.45, 7) is 4.21. The molecule has 1 amide bonds. The number of anilines is 3. The van der Waals surface area contributed by atoms with Crippen LogP contribution < -0.4 is 15.4 Å². The van der Waals surface area contributed by atoms with Gasteiger partial charge in [-0.15, -0.1) is 10.2 Å². The molecular weight excluding hydrogens is 472 g/mol. The number of hydrogen-bond donors (Lipinski definition) is 2. The predicted molar refractivity (Wildman–Crippen MR) is 132 cm³/mol. The lowest BCUT2D eigenvalue weighted by molar-refractivity contribution is -0.113. The number of nitriles is 1. The fraction of sp³-hybridized carbons (Fsp3) is 0.217. The first kappa shape index (κ1) is 23.4. The topological polar surface area (TPSA) is 118 Å². The van der Waals surface area contributed by atoms with Gasteiger partial charge in [-0.3, -0.25) is 4.79 Å². The van der Waals surface area contributed by atoms with Crippen LogP contribution in [0.5, 0.6) is 5.75 Å². The minimum atomic E-state index is -0.237. The summed E-state index contributed by atoms with van der Waals surface area (Å²) < 4.78 is 13.2. The van der Waals surface area contributed by atoms with Crippen molar-refractivity contribution in [2.75, 3.05) is 23.5 Å². The van der Waals surface area contributed by atoms with Gasteiger partial charge in [-0.05, 0) is 55.8 Å². The molecule has 2 N–H and O–H groups in total. The number of carbonyl (C=O) groups is 1. The van der Waals surface area contributed by atoms with Crippen molar-refractivity contribution in [2.24, 2.45) is 0 Å². The maximum absolute atomic E-state index is 12.7. The van der Waals surface area contributed by atoms with Crippen molar-refractivity contribution in [1.82, 2.24) is 14.8 Å². The number of furan rings is 1. The van der Waals surface area contributed by atoms with Crippen molar-refractivity contribution in [3.63, 3.8) is 0 Å².